The highest BCUT2D eigenvalue weighted by Gasteiger charge is 2.31. The molecule has 3 aromatic heterocycles. The van der Waals surface area contributed by atoms with E-state index in [4.69, 9.17) is 9.15 Å². The third-order valence-electron chi connectivity index (χ3n) is 6.17. The first-order chi connectivity index (χ1) is 17.6. The van der Waals surface area contributed by atoms with E-state index in [0.717, 1.165) is 27.8 Å². The van der Waals surface area contributed by atoms with Gasteiger partial charge in [0, 0.05) is 24.7 Å². The van der Waals surface area contributed by atoms with Crippen LogP contribution in [0.1, 0.15) is 34.3 Å². The van der Waals surface area contributed by atoms with E-state index in [1.165, 1.54) is 0 Å². The van der Waals surface area contributed by atoms with Crippen LogP contribution in [0.3, 0.4) is 0 Å². The van der Waals surface area contributed by atoms with Crippen molar-refractivity contribution in [1.82, 2.24) is 30.1 Å². The Hall–Kier alpha value is -4.08. The van der Waals surface area contributed by atoms with Crippen molar-refractivity contribution in [2.45, 2.75) is 32.6 Å². The number of benzene rings is 2. The molecular weight excluding hydrogens is 456 g/mol. The van der Waals surface area contributed by atoms with Crippen LogP contribution in [0.25, 0.3) is 10.9 Å². The van der Waals surface area contributed by atoms with E-state index in [9.17, 15) is 4.79 Å². The number of hydrogen-bond acceptors (Lipinski definition) is 7. The number of pyridine rings is 1. The molecular formula is C27H28N6O3. The van der Waals surface area contributed by atoms with Crippen molar-refractivity contribution in [3.63, 3.8) is 0 Å². The second-order valence-electron chi connectivity index (χ2n) is 8.77. The molecule has 0 radical (unpaired) electrons. The number of furan rings is 1. The first kappa shape index (κ1) is 23.7. The summed E-state index contributed by atoms with van der Waals surface area (Å²) >= 11 is 0. The first-order valence-corrected chi connectivity index (χ1v) is 11.8. The van der Waals surface area contributed by atoms with Crippen LogP contribution in [0.5, 0.6) is 0 Å². The molecule has 184 valence electrons. The number of rotatable bonds is 10. The highest BCUT2D eigenvalue weighted by molar-refractivity contribution is 5.79. The van der Waals surface area contributed by atoms with Gasteiger partial charge >= 0.3 is 0 Å². The lowest BCUT2D eigenvalue weighted by Crippen LogP contribution is -2.35. The van der Waals surface area contributed by atoms with Crippen molar-refractivity contribution in [3.8, 4) is 0 Å². The molecule has 0 spiro atoms. The molecule has 9 heteroatoms. The molecule has 2 aromatic carbocycles. The van der Waals surface area contributed by atoms with Crippen LogP contribution in [0.4, 0.5) is 0 Å². The summed E-state index contributed by atoms with van der Waals surface area (Å²) in [5.41, 5.74) is 3.34. The van der Waals surface area contributed by atoms with E-state index in [1.807, 2.05) is 61.5 Å². The highest BCUT2D eigenvalue weighted by Crippen LogP contribution is 2.30. The van der Waals surface area contributed by atoms with Gasteiger partial charge in [-0.3, -0.25) is 9.69 Å². The van der Waals surface area contributed by atoms with Gasteiger partial charge in [0.25, 0.3) is 5.56 Å². The number of hydrogen-bond donors (Lipinski definition) is 1. The lowest BCUT2D eigenvalue weighted by Gasteiger charge is -2.30. The molecule has 1 atom stereocenters. The lowest BCUT2D eigenvalue weighted by molar-refractivity contribution is 0.163. The van der Waals surface area contributed by atoms with E-state index in [0.29, 0.717) is 37.6 Å². The zero-order valence-corrected chi connectivity index (χ0v) is 20.3. The molecule has 0 bridgehead atoms. The number of aryl methyl sites for hydroxylation is 1. The fourth-order valence-electron chi connectivity index (χ4n) is 4.44. The number of nitrogens with zero attached hydrogens (tertiary/aromatic N) is 5. The van der Waals surface area contributed by atoms with Crippen LogP contribution in [0.15, 0.2) is 82.2 Å². The summed E-state index contributed by atoms with van der Waals surface area (Å²) in [7, 11) is 1.64. The van der Waals surface area contributed by atoms with Crippen molar-refractivity contribution in [1.29, 1.82) is 0 Å². The minimum Gasteiger partial charge on any atom is -0.468 e. The summed E-state index contributed by atoms with van der Waals surface area (Å²) in [5.74, 6) is 1.34. The maximum atomic E-state index is 13.6. The van der Waals surface area contributed by atoms with Gasteiger partial charge in [0.15, 0.2) is 5.82 Å². The summed E-state index contributed by atoms with van der Waals surface area (Å²) in [4.78, 5) is 18.8. The van der Waals surface area contributed by atoms with Gasteiger partial charge in [-0.25, -0.2) is 4.68 Å². The lowest BCUT2D eigenvalue weighted by atomic mass is 10.0. The number of tetrazole rings is 1. The Bertz CT molecular complexity index is 1480. The summed E-state index contributed by atoms with van der Waals surface area (Å²) < 4.78 is 12.7. The van der Waals surface area contributed by atoms with Gasteiger partial charge in [-0.15, -0.1) is 5.10 Å². The van der Waals surface area contributed by atoms with Gasteiger partial charge in [-0.1, -0.05) is 42.5 Å². The first-order valence-electron chi connectivity index (χ1n) is 11.8. The van der Waals surface area contributed by atoms with Crippen molar-refractivity contribution < 1.29 is 9.15 Å². The minimum absolute atomic E-state index is 0.183. The molecule has 0 aliphatic rings. The number of nitrogens with one attached hydrogen (secondary N) is 1. The molecule has 36 heavy (non-hydrogen) atoms. The zero-order valence-electron chi connectivity index (χ0n) is 20.3. The third-order valence-corrected chi connectivity index (χ3v) is 6.17. The topological polar surface area (TPSA) is 102 Å². The van der Waals surface area contributed by atoms with Gasteiger partial charge in [0.2, 0.25) is 0 Å². The largest absolute Gasteiger partial charge is 0.468 e. The van der Waals surface area contributed by atoms with Crippen molar-refractivity contribution >= 4 is 10.9 Å². The zero-order chi connectivity index (χ0) is 24.9. The Labute approximate surface area is 208 Å². The molecule has 9 nitrogen and oxygen atoms in total. The average Bonchev–Trinajstić information content (AvgIpc) is 3.56. The van der Waals surface area contributed by atoms with Crippen molar-refractivity contribution in [2.24, 2.45) is 0 Å². The van der Waals surface area contributed by atoms with Crippen molar-refractivity contribution in [3.05, 3.63) is 112 Å². The van der Waals surface area contributed by atoms with Crippen molar-refractivity contribution in [2.75, 3.05) is 13.7 Å². The summed E-state index contributed by atoms with van der Waals surface area (Å²) in [6, 6.07) is 21.3. The maximum absolute atomic E-state index is 13.6. The van der Waals surface area contributed by atoms with Gasteiger partial charge in [-0.05, 0) is 58.1 Å². The van der Waals surface area contributed by atoms with Crippen LogP contribution in [0, 0.1) is 6.92 Å². The van der Waals surface area contributed by atoms with Gasteiger partial charge < -0.3 is 14.1 Å². The number of fused-ring (bicyclic) bond motifs is 1. The van der Waals surface area contributed by atoms with Gasteiger partial charge in [0.05, 0.1) is 26.0 Å². The van der Waals surface area contributed by atoms with Crippen LogP contribution in [-0.2, 0) is 24.4 Å². The number of methoxy groups -OCH3 is 1. The minimum atomic E-state index is -0.545. The number of ether oxygens (including phenoxy) is 1. The molecule has 0 aliphatic heterocycles. The van der Waals surface area contributed by atoms with E-state index < -0.39 is 6.04 Å². The van der Waals surface area contributed by atoms with Gasteiger partial charge in [-0.2, -0.15) is 0 Å². The van der Waals surface area contributed by atoms with E-state index in [2.05, 4.69) is 37.5 Å². The Kier molecular flexibility index (Phi) is 7.01. The van der Waals surface area contributed by atoms with Crippen LogP contribution < -0.4 is 5.56 Å². The predicted octanol–water partition coefficient (Wildman–Crippen LogP) is 3.85. The smallest absolute Gasteiger partial charge is 0.253 e. The van der Waals surface area contributed by atoms with Crippen LogP contribution in [-0.4, -0.2) is 43.8 Å². The number of H-pyrrole nitrogens is 1. The average molecular weight is 485 g/mol. The Morgan fingerprint density at radius 1 is 1.08 bits per heavy atom. The fraction of sp³-hybridized carbons (Fsp3) is 0.259. The highest BCUT2D eigenvalue weighted by atomic mass is 16.5. The maximum Gasteiger partial charge on any atom is 0.253 e. The monoisotopic (exact) mass is 484 g/mol. The number of aromatic amines is 1. The van der Waals surface area contributed by atoms with E-state index >= 15 is 0 Å². The standard InChI is InChI=1S/C27H28N6O3/c1-19-10-11-21-16-23(27(34)28-24(21)15-19)25(26-29-30-31-33(26)12-14-35-2)32(18-22-9-6-13-36-22)17-20-7-4-3-5-8-20/h3-11,13,15-16,25H,12,14,17-18H2,1-2H3,(H,28,34). The van der Waals surface area contributed by atoms with Crippen LogP contribution in [0.2, 0.25) is 0 Å². The van der Waals surface area contributed by atoms with Crippen LogP contribution >= 0.6 is 0 Å². The molecule has 1 unspecified atom stereocenters. The molecule has 0 aliphatic carbocycles. The predicted molar refractivity (Wildman–Crippen MR) is 135 cm³/mol. The van der Waals surface area contributed by atoms with Gasteiger partial charge in [0.1, 0.15) is 11.8 Å². The molecule has 0 saturated carbocycles. The van der Waals surface area contributed by atoms with E-state index in [-0.39, 0.29) is 5.56 Å². The molecule has 5 aromatic rings. The normalized spacial score (nSPS) is 12.4. The SMILES string of the molecule is COCCn1nnnc1C(c1cc2ccc(C)cc2[nH]c1=O)N(Cc1ccccc1)Cc1ccco1. The Balaban J connectivity index is 1.67. The second kappa shape index (κ2) is 10.7. The summed E-state index contributed by atoms with van der Waals surface area (Å²) in [5, 5.41) is 13.5. The molecule has 3 heterocycles. The molecule has 1 N–H and O–H groups in total. The molecule has 0 fully saturated rings. The summed E-state index contributed by atoms with van der Waals surface area (Å²) in [6.45, 7) is 3.90. The second-order valence-corrected chi connectivity index (χ2v) is 8.77. The fourth-order valence-corrected chi connectivity index (χ4v) is 4.44. The molecule has 5 rings (SSSR count). The molecule has 0 saturated heterocycles. The molecule has 0 amide bonds. The third kappa shape index (κ3) is 5.12. The van der Waals surface area contributed by atoms with E-state index in [1.54, 1.807) is 18.1 Å². The summed E-state index contributed by atoms with van der Waals surface area (Å²) in [6.07, 6.45) is 1.65. The Morgan fingerprint density at radius 2 is 1.94 bits per heavy atom. The Morgan fingerprint density at radius 3 is 2.72 bits per heavy atom. The number of aromatic nitrogens is 5. The quantitative estimate of drug-likeness (QED) is 0.321.